The normalized spacial score (nSPS) is 10.5. The SMILES string of the molecule is Cc1cc(C)cc(NCCc2cnn(C)c2)c1. The van der Waals surface area contributed by atoms with Crippen LogP contribution in [0, 0.1) is 13.8 Å². The van der Waals surface area contributed by atoms with E-state index in [1.165, 1.54) is 22.4 Å². The van der Waals surface area contributed by atoms with Crippen LogP contribution in [0.2, 0.25) is 0 Å². The molecule has 0 spiro atoms. The molecule has 1 aromatic heterocycles. The largest absolute Gasteiger partial charge is 0.385 e. The van der Waals surface area contributed by atoms with Gasteiger partial charge in [0.1, 0.15) is 0 Å². The van der Waals surface area contributed by atoms with Gasteiger partial charge in [-0.2, -0.15) is 5.10 Å². The Hall–Kier alpha value is -1.77. The minimum Gasteiger partial charge on any atom is -0.385 e. The van der Waals surface area contributed by atoms with Crippen molar-refractivity contribution in [2.24, 2.45) is 7.05 Å². The van der Waals surface area contributed by atoms with Gasteiger partial charge in [-0.1, -0.05) is 6.07 Å². The molecule has 0 bridgehead atoms. The van der Waals surface area contributed by atoms with E-state index in [2.05, 4.69) is 48.7 Å². The molecule has 3 heteroatoms. The third-order valence-electron chi connectivity index (χ3n) is 2.72. The molecule has 1 heterocycles. The highest BCUT2D eigenvalue weighted by Crippen LogP contribution is 2.13. The van der Waals surface area contributed by atoms with E-state index in [1.807, 2.05) is 17.9 Å². The van der Waals surface area contributed by atoms with Crippen LogP contribution in [-0.2, 0) is 13.5 Å². The Morgan fingerprint density at radius 1 is 1.18 bits per heavy atom. The second-order valence-electron chi connectivity index (χ2n) is 4.58. The van der Waals surface area contributed by atoms with Crippen molar-refractivity contribution in [1.29, 1.82) is 0 Å². The zero-order chi connectivity index (χ0) is 12.3. The topological polar surface area (TPSA) is 29.9 Å². The van der Waals surface area contributed by atoms with Gasteiger partial charge in [0.05, 0.1) is 6.20 Å². The van der Waals surface area contributed by atoms with Gasteiger partial charge in [0.2, 0.25) is 0 Å². The Bertz CT molecular complexity index is 480. The fourth-order valence-electron chi connectivity index (χ4n) is 2.03. The van der Waals surface area contributed by atoms with E-state index >= 15 is 0 Å². The molecule has 0 aliphatic heterocycles. The molecule has 0 radical (unpaired) electrons. The van der Waals surface area contributed by atoms with E-state index in [4.69, 9.17) is 0 Å². The number of anilines is 1. The van der Waals surface area contributed by atoms with Crippen molar-refractivity contribution in [3.8, 4) is 0 Å². The highest BCUT2D eigenvalue weighted by molar-refractivity contribution is 5.48. The fourth-order valence-corrected chi connectivity index (χ4v) is 2.03. The Balaban J connectivity index is 1.89. The highest BCUT2D eigenvalue weighted by Gasteiger charge is 1.98. The number of aryl methyl sites for hydroxylation is 3. The van der Waals surface area contributed by atoms with Crippen LogP contribution in [0.3, 0.4) is 0 Å². The predicted octanol–water partition coefficient (Wildman–Crippen LogP) is 2.69. The van der Waals surface area contributed by atoms with Crippen molar-refractivity contribution >= 4 is 5.69 Å². The van der Waals surface area contributed by atoms with E-state index in [-0.39, 0.29) is 0 Å². The van der Waals surface area contributed by atoms with Crippen LogP contribution < -0.4 is 5.32 Å². The number of hydrogen-bond donors (Lipinski definition) is 1. The van der Waals surface area contributed by atoms with Crippen molar-refractivity contribution in [3.05, 3.63) is 47.3 Å². The lowest BCUT2D eigenvalue weighted by atomic mass is 10.1. The number of nitrogens with one attached hydrogen (secondary N) is 1. The van der Waals surface area contributed by atoms with Crippen LogP contribution in [0.4, 0.5) is 5.69 Å². The first-order valence-corrected chi connectivity index (χ1v) is 5.93. The summed E-state index contributed by atoms with van der Waals surface area (Å²) in [5, 5.41) is 7.61. The smallest absolute Gasteiger partial charge is 0.0522 e. The standard InChI is InChI=1S/C14H19N3/c1-11-6-12(2)8-14(7-11)15-5-4-13-9-16-17(3)10-13/h6-10,15H,4-5H2,1-3H3. The quantitative estimate of drug-likeness (QED) is 0.873. The summed E-state index contributed by atoms with van der Waals surface area (Å²) in [5.74, 6) is 0. The molecule has 0 saturated carbocycles. The molecule has 0 saturated heterocycles. The third-order valence-corrected chi connectivity index (χ3v) is 2.72. The number of nitrogens with zero attached hydrogens (tertiary/aromatic N) is 2. The van der Waals surface area contributed by atoms with Crippen molar-refractivity contribution in [1.82, 2.24) is 9.78 Å². The second kappa shape index (κ2) is 5.04. The summed E-state index contributed by atoms with van der Waals surface area (Å²) < 4.78 is 1.84. The van der Waals surface area contributed by atoms with Crippen LogP contribution in [-0.4, -0.2) is 16.3 Å². The monoisotopic (exact) mass is 229 g/mol. The van der Waals surface area contributed by atoms with Gasteiger partial charge in [-0.25, -0.2) is 0 Å². The van der Waals surface area contributed by atoms with Crippen LogP contribution in [0.15, 0.2) is 30.6 Å². The van der Waals surface area contributed by atoms with Gasteiger partial charge in [-0.05, 0) is 49.1 Å². The second-order valence-corrected chi connectivity index (χ2v) is 4.58. The van der Waals surface area contributed by atoms with E-state index in [0.717, 1.165) is 13.0 Å². The van der Waals surface area contributed by atoms with E-state index in [1.54, 1.807) is 0 Å². The van der Waals surface area contributed by atoms with Crippen LogP contribution in [0.1, 0.15) is 16.7 Å². The maximum absolute atomic E-state index is 4.16. The predicted molar refractivity (Wildman–Crippen MR) is 71.3 cm³/mol. The summed E-state index contributed by atoms with van der Waals surface area (Å²) in [6, 6.07) is 6.54. The van der Waals surface area contributed by atoms with Gasteiger partial charge < -0.3 is 5.32 Å². The summed E-state index contributed by atoms with van der Waals surface area (Å²) in [4.78, 5) is 0. The van der Waals surface area contributed by atoms with Crippen molar-refractivity contribution in [2.45, 2.75) is 20.3 Å². The molecule has 2 rings (SSSR count). The van der Waals surface area contributed by atoms with E-state index in [0.29, 0.717) is 0 Å². The van der Waals surface area contributed by atoms with Gasteiger partial charge in [0.15, 0.2) is 0 Å². The Labute approximate surface area is 102 Å². The molecule has 0 unspecified atom stereocenters. The summed E-state index contributed by atoms with van der Waals surface area (Å²) >= 11 is 0. The minimum atomic E-state index is 0.939. The number of rotatable bonds is 4. The molecule has 3 nitrogen and oxygen atoms in total. The zero-order valence-corrected chi connectivity index (χ0v) is 10.7. The average molecular weight is 229 g/mol. The maximum atomic E-state index is 4.16. The van der Waals surface area contributed by atoms with Gasteiger partial charge in [0.25, 0.3) is 0 Å². The summed E-state index contributed by atoms with van der Waals surface area (Å²) in [6.07, 6.45) is 4.98. The lowest BCUT2D eigenvalue weighted by Gasteiger charge is -2.07. The molecule has 90 valence electrons. The molecular weight excluding hydrogens is 210 g/mol. The number of benzene rings is 1. The van der Waals surface area contributed by atoms with Gasteiger partial charge in [-0.3, -0.25) is 4.68 Å². The summed E-state index contributed by atoms with van der Waals surface area (Å²) in [7, 11) is 1.95. The molecule has 2 aromatic rings. The molecule has 0 atom stereocenters. The van der Waals surface area contributed by atoms with E-state index < -0.39 is 0 Å². The number of hydrogen-bond acceptors (Lipinski definition) is 2. The molecular formula is C14H19N3. The molecule has 0 amide bonds. The molecule has 0 aliphatic carbocycles. The molecule has 1 N–H and O–H groups in total. The molecule has 17 heavy (non-hydrogen) atoms. The fraction of sp³-hybridized carbons (Fsp3) is 0.357. The maximum Gasteiger partial charge on any atom is 0.0522 e. The summed E-state index contributed by atoms with van der Waals surface area (Å²) in [6.45, 7) is 5.19. The lowest BCUT2D eigenvalue weighted by Crippen LogP contribution is -2.04. The number of aromatic nitrogens is 2. The first kappa shape index (κ1) is 11.7. The highest BCUT2D eigenvalue weighted by atomic mass is 15.2. The van der Waals surface area contributed by atoms with Gasteiger partial charge in [0, 0.05) is 25.5 Å². The van der Waals surface area contributed by atoms with Crippen molar-refractivity contribution < 1.29 is 0 Å². The average Bonchev–Trinajstić information content (AvgIpc) is 2.63. The first-order chi connectivity index (χ1) is 8.13. The Morgan fingerprint density at radius 2 is 1.88 bits per heavy atom. The van der Waals surface area contributed by atoms with Crippen molar-refractivity contribution in [3.63, 3.8) is 0 Å². The van der Waals surface area contributed by atoms with Crippen LogP contribution >= 0.6 is 0 Å². The van der Waals surface area contributed by atoms with Crippen LogP contribution in [0.5, 0.6) is 0 Å². The molecule has 0 fully saturated rings. The molecule has 0 aliphatic rings. The zero-order valence-electron chi connectivity index (χ0n) is 10.7. The van der Waals surface area contributed by atoms with E-state index in [9.17, 15) is 0 Å². The lowest BCUT2D eigenvalue weighted by molar-refractivity contribution is 0.767. The third kappa shape index (κ3) is 3.34. The Morgan fingerprint density at radius 3 is 2.47 bits per heavy atom. The first-order valence-electron chi connectivity index (χ1n) is 5.93. The van der Waals surface area contributed by atoms with Gasteiger partial charge in [-0.15, -0.1) is 0 Å². The van der Waals surface area contributed by atoms with Gasteiger partial charge >= 0.3 is 0 Å². The van der Waals surface area contributed by atoms with Crippen LogP contribution in [0.25, 0.3) is 0 Å². The summed E-state index contributed by atoms with van der Waals surface area (Å²) in [5.41, 5.74) is 5.07. The van der Waals surface area contributed by atoms with Crippen molar-refractivity contribution in [2.75, 3.05) is 11.9 Å². The Kier molecular flexibility index (Phi) is 3.47. The minimum absolute atomic E-state index is 0.939. The molecule has 1 aromatic carbocycles.